The van der Waals surface area contributed by atoms with Crippen molar-refractivity contribution in [2.45, 2.75) is 0 Å². The van der Waals surface area contributed by atoms with Gasteiger partial charge in [0.25, 0.3) is 0 Å². The largest absolute Gasteiger partial charge is 0.205 e. The van der Waals surface area contributed by atoms with E-state index in [-0.39, 0.29) is 5.56 Å². The lowest BCUT2D eigenvalue weighted by Crippen LogP contribution is -1.84. The number of hydrogen-bond donors (Lipinski definition) is 0. The van der Waals surface area contributed by atoms with Crippen molar-refractivity contribution in [2.75, 3.05) is 0 Å². The highest BCUT2D eigenvalue weighted by Crippen LogP contribution is 2.23. The molecule has 0 spiro atoms. The summed E-state index contributed by atoms with van der Waals surface area (Å²) in [6.07, 6.45) is 0. The van der Waals surface area contributed by atoms with Gasteiger partial charge >= 0.3 is 0 Å². The van der Waals surface area contributed by atoms with Crippen molar-refractivity contribution >= 4 is 31.9 Å². The molecule has 0 bridgehead atoms. The van der Waals surface area contributed by atoms with Crippen LogP contribution in [0.4, 0.5) is 4.39 Å². The maximum atomic E-state index is 12.8. The van der Waals surface area contributed by atoms with Gasteiger partial charge in [-0.25, -0.2) is 4.39 Å². The third-order valence-electron chi connectivity index (χ3n) is 1.12. The normalized spacial score (nSPS) is 9.27. The van der Waals surface area contributed by atoms with E-state index in [0.29, 0.717) is 8.95 Å². The Balaban J connectivity index is 3.40. The molecule has 0 aliphatic heterocycles. The van der Waals surface area contributed by atoms with Crippen molar-refractivity contribution < 1.29 is 4.39 Å². The number of nitriles is 1. The van der Waals surface area contributed by atoms with Gasteiger partial charge in [0.15, 0.2) is 0 Å². The lowest BCUT2D eigenvalue weighted by Gasteiger charge is -1.96. The number of halogens is 3. The lowest BCUT2D eigenvalue weighted by atomic mass is 10.2. The maximum Gasteiger partial charge on any atom is 0.143 e. The Morgan fingerprint density at radius 2 is 2.00 bits per heavy atom. The zero-order valence-corrected chi connectivity index (χ0v) is 8.41. The standard InChI is InChI=1S/C7H2Br2FN/c8-4-1-6(9)5(3-11)7(10)2-4/h1-2H. The molecule has 1 rings (SSSR count). The Morgan fingerprint density at radius 1 is 1.36 bits per heavy atom. The van der Waals surface area contributed by atoms with Crippen LogP contribution in [0.25, 0.3) is 0 Å². The second kappa shape index (κ2) is 3.33. The molecule has 0 aromatic heterocycles. The SMILES string of the molecule is N#Cc1c(F)cc(Br)cc1Br. The molecule has 0 saturated carbocycles. The zero-order chi connectivity index (χ0) is 8.43. The number of nitrogens with zero attached hydrogens (tertiary/aromatic N) is 1. The van der Waals surface area contributed by atoms with Crippen molar-refractivity contribution in [1.29, 1.82) is 5.26 Å². The first-order chi connectivity index (χ1) is 5.15. The van der Waals surface area contributed by atoms with Crippen LogP contribution in [-0.4, -0.2) is 0 Å². The first kappa shape index (κ1) is 8.69. The van der Waals surface area contributed by atoms with Crippen LogP contribution in [0.5, 0.6) is 0 Å². The molecule has 1 aromatic rings. The topological polar surface area (TPSA) is 23.8 Å². The summed E-state index contributed by atoms with van der Waals surface area (Å²) in [7, 11) is 0. The summed E-state index contributed by atoms with van der Waals surface area (Å²) < 4.78 is 13.9. The highest BCUT2D eigenvalue weighted by atomic mass is 79.9. The molecule has 0 aliphatic rings. The quantitative estimate of drug-likeness (QED) is 0.715. The van der Waals surface area contributed by atoms with Crippen molar-refractivity contribution in [1.82, 2.24) is 0 Å². The Morgan fingerprint density at radius 3 is 2.45 bits per heavy atom. The highest BCUT2D eigenvalue weighted by Gasteiger charge is 2.06. The fourth-order valence-corrected chi connectivity index (χ4v) is 1.91. The van der Waals surface area contributed by atoms with E-state index < -0.39 is 5.82 Å². The van der Waals surface area contributed by atoms with E-state index in [0.717, 1.165) is 0 Å². The maximum absolute atomic E-state index is 12.8. The van der Waals surface area contributed by atoms with Crippen LogP contribution in [0.15, 0.2) is 21.1 Å². The minimum Gasteiger partial charge on any atom is -0.205 e. The van der Waals surface area contributed by atoms with Crippen molar-refractivity contribution in [3.8, 4) is 6.07 Å². The Labute approximate surface area is 80.1 Å². The summed E-state index contributed by atoms with van der Waals surface area (Å²) in [5.74, 6) is -0.520. The molecule has 1 nitrogen and oxygen atoms in total. The molecule has 1 aromatic carbocycles. The summed E-state index contributed by atoms with van der Waals surface area (Å²) in [4.78, 5) is 0. The molecule has 0 saturated heterocycles. The minimum atomic E-state index is -0.520. The van der Waals surface area contributed by atoms with Crippen molar-refractivity contribution in [3.05, 3.63) is 32.5 Å². The first-order valence-electron chi connectivity index (χ1n) is 2.70. The molecule has 0 fully saturated rings. The van der Waals surface area contributed by atoms with Crippen LogP contribution in [0.3, 0.4) is 0 Å². The summed E-state index contributed by atoms with van der Waals surface area (Å²) in [6.45, 7) is 0. The number of rotatable bonds is 0. The third-order valence-corrected chi connectivity index (χ3v) is 2.20. The van der Waals surface area contributed by atoms with E-state index >= 15 is 0 Å². The summed E-state index contributed by atoms with van der Waals surface area (Å²) in [5, 5.41) is 8.45. The fourth-order valence-electron chi connectivity index (χ4n) is 0.649. The summed E-state index contributed by atoms with van der Waals surface area (Å²) in [5.41, 5.74) is 0.0354. The van der Waals surface area contributed by atoms with E-state index in [1.54, 1.807) is 12.1 Å². The van der Waals surface area contributed by atoms with Gasteiger partial charge in [-0.05, 0) is 28.1 Å². The highest BCUT2D eigenvalue weighted by molar-refractivity contribution is 9.11. The van der Waals surface area contributed by atoms with Crippen LogP contribution >= 0.6 is 31.9 Å². The van der Waals surface area contributed by atoms with Gasteiger partial charge in [-0.2, -0.15) is 5.26 Å². The van der Waals surface area contributed by atoms with Crippen LogP contribution in [0.2, 0.25) is 0 Å². The van der Waals surface area contributed by atoms with E-state index in [1.807, 2.05) is 0 Å². The summed E-state index contributed by atoms with van der Waals surface area (Å²) in [6, 6.07) is 4.63. The van der Waals surface area contributed by atoms with Gasteiger partial charge in [0.1, 0.15) is 17.4 Å². The van der Waals surface area contributed by atoms with Gasteiger partial charge in [-0.15, -0.1) is 0 Å². The predicted octanol–water partition coefficient (Wildman–Crippen LogP) is 3.22. The number of benzene rings is 1. The number of hydrogen-bond acceptors (Lipinski definition) is 1. The summed E-state index contributed by atoms with van der Waals surface area (Å²) >= 11 is 6.16. The van der Waals surface area contributed by atoms with Gasteiger partial charge in [0.2, 0.25) is 0 Å². The van der Waals surface area contributed by atoms with E-state index in [2.05, 4.69) is 31.9 Å². The van der Waals surface area contributed by atoms with Crippen LogP contribution < -0.4 is 0 Å². The lowest BCUT2D eigenvalue weighted by molar-refractivity contribution is 0.622. The average Bonchev–Trinajstić information content (AvgIpc) is 1.85. The van der Waals surface area contributed by atoms with Gasteiger partial charge < -0.3 is 0 Å². The molecule has 0 aliphatic carbocycles. The van der Waals surface area contributed by atoms with Crippen molar-refractivity contribution in [2.24, 2.45) is 0 Å². The predicted molar refractivity (Wildman–Crippen MR) is 46.5 cm³/mol. The molecular formula is C7H2Br2FN. The van der Waals surface area contributed by atoms with Crippen LogP contribution in [0.1, 0.15) is 5.56 Å². The minimum absolute atomic E-state index is 0.0354. The van der Waals surface area contributed by atoms with E-state index in [1.165, 1.54) is 6.07 Å². The van der Waals surface area contributed by atoms with Crippen LogP contribution in [-0.2, 0) is 0 Å². The average molecular weight is 279 g/mol. The molecule has 11 heavy (non-hydrogen) atoms. The monoisotopic (exact) mass is 277 g/mol. The Hall–Kier alpha value is -0.400. The molecule has 0 N–H and O–H groups in total. The first-order valence-corrected chi connectivity index (χ1v) is 4.28. The molecule has 0 amide bonds. The molecule has 0 atom stereocenters. The molecule has 0 heterocycles. The van der Waals surface area contributed by atoms with Gasteiger partial charge in [0, 0.05) is 8.95 Å². The van der Waals surface area contributed by atoms with E-state index in [4.69, 9.17) is 5.26 Å². The molecule has 0 unspecified atom stereocenters. The zero-order valence-electron chi connectivity index (χ0n) is 5.24. The second-order valence-electron chi connectivity index (χ2n) is 1.86. The van der Waals surface area contributed by atoms with Gasteiger partial charge in [-0.1, -0.05) is 15.9 Å². The smallest absolute Gasteiger partial charge is 0.143 e. The molecule has 56 valence electrons. The fraction of sp³-hybridized carbons (Fsp3) is 0. The molecule has 0 radical (unpaired) electrons. The third kappa shape index (κ3) is 1.79. The Bertz CT molecular complexity index is 307. The Kier molecular flexibility index (Phi) is 2.63. The van der Waals surface area contributed by atoms with Crippen LogP contribution in [0, 0.1) is 17.1 Å². The van der Waals surface area contributed by atoms with E-state index in [9.17, 15) is 4.39 Å². The van der Waals surface area contributed by atoms with Crippen molar-refractivity contribution in [3.63, 3.8) is 0 Å². The second-order valence-corrected chi connectivity index (χ2v) is 3.63. The van der Waals surface area contributed by atoms with Gasteiger partial charge in [-0.3, -0.25) is 0 Å². The molecular weight excluding hydrogens is 277 g/mol. The molecule has 4 heteroatoms. The van der Waals surface area contributed by atoms with Gasteiger partial charge in [0.05, 0.1) is 0 Å².